The molecule has 3 N–H and O–H groups in total. The number of thiocarbonyl (C=S) groups is 1. The molecule has 3 aromatic carbocycles. The van der Waals surface area contributed by atoms with Gasteiger partial charge in [0.2, 0.25) is 0 Å². The highest BCUT2D eigenvalue weighted by atomic mass is 79.9. The standard InChI is InChI=1S/C36H36BrN5O5S/c1-5-45-35(44)33-23(3)39-36(48)40-34(33)30-8-6-7-9-31(30)47-21-32(43)41-38-19-26-18-22(2)42(24(26)4)28-14-16-29(17-15-28)46-20-25-10-12-27(37)13-11-25/h6-19,34H,5,20-21H2,1-4H3,(H,41,43)(H2,39,40,48)/t34-/m0/s1. The maximum Gasteiger partial charge on any atom is 0.338 e. The molecule has 0 radical (unpaired) electrons. The van der Waals surface area contributed by atoms with Gasteiger partial charge >= 0.3 is 5.97 Å². The van der Waals surface area contributed by atoms with Crippen molar-refractivity contribution in [2.24, 2.45) is 5.10 Å². The zero-order chi connectivity index (χ0) is 34.2. The first-order chi connectivity index (χ1) is 23.1. The molecule has 0 bridgehead atoms. The number of para-hydroxylation sites is 1. The van der Waals surface area contributed by atoms with Crippen LogP contribution in [0.4, 0.5) is 0 Å². The van der Waals surface area contributed by atoms with Crippen molar-refractivity contribution in [3.05, 3.63) is 123 Å². The number of halogens is 1. The summed E-state index contributed by atoms with van der Waals surface area (Å²) in [5.41, 5.74) is 9.05. The van der Waals surface area contributed by atoms with Gasteiger partial charge in [-0.25, -0.2) is 10.2 Å². The van der Waals surface area contributed by atoms with E-state index in [4.69, 9.17) is 26.4 Å². The molecule has 0 unspecified atom stereocenters. The summed E-state index contributed by atoms with van der Waals surface area (Å²) in [5, 5.41) is 10.6. The minimum absolute atomic E-state index is 0.228. The van der Waals surface area contributed by atoms with E-state index in [1.165, 1.54) is 0 Å². The predicted molar refractivity (Wildman–Crippen MR) is 192 cm³/mol. The number of hydrazone groups is 1. The molecule has 1 amide bonds. The monoisotopic (exact) mass is 729 g/mol. The van der Waals surface area contributed by atoms with Crippen molar-refractivity contribution >= 4 is 51.4 Å². The molecule has 1 aliphatic rings. The fourth-order valence-electron chi connectivity index (χ4n) is 5.36. The highest BCUT2D eigenvalue weighted by molar-refractivity contribution is 9.10. The quantitative estimate of drug-likeness (QED) is 0.0672. The van der Waals surface area contributed by atoms with E-state index in [9.17, 15) is 9.59 Å². The molecule has 1 aliphatic heterocycles. The lowest BCUT2D eigenvalue weighted by atomic mass is 9.95. The van der Waals surface area contributed by atoms with Gasteiger partial charge in [-0.3, -0.25) is 4.79 Å². The average Bonchev–Trinajstić information content (AvgIpc) is 3.35. The maximum absolute atomic E-state index is 12.8. The number of nitrogens with one attached hydrogen (secondary N) is 3. The molecule has 0 aliphatic carbocycles. The SMILES string of the molecule is CCOC(=O)C1=C(C)NC(=S)N[C@H]1c1ccccc1OCC(=O)NN=Cc1cc(C)n(-c2ccc(OCc3ccc(Br)cc3)cc2)c1C. The number of carbonyl (C=O) groups is 2. The molecule has 48 heavy (non-hydrogen) atoms. The van der Waals surface area contributed by atoms with Gasteiger partial charge in [-0.2, -0.15) is 5.10 Å². The number of rotatable bonds is 12. The van der Waals surface area contributed by atoms with Crippen LogP contribution in [0.25, 0.3) is 5.69 Å². The molecule has 1 atom stereocenters. The largest absolute Gasteiger partial charge is 0.489 e. The second-order valence-corrected chi connectivity index (χ2v) is 12.3. The van der Waals surface area contributed by atoms with Crippen LogP contribution in [0.5, 0.6) is 11.5 Å². The lowest BCUT2D eigenvalue weighted by Crippen LogP contribution is -2.45. The highest BCUT2D eigenvalue weighted by Gasteiger charge is 2.32. The van der Waals surface area contributed by atoms with Crippen LogP contribution in [-0.2, 0) is 20.9 Å². The first kappa shape index (κ1) is 34.4. The third-order valence-electron chi connectivity index (χ3n) is 7.63. The second-order valence-electron chi connectivity index (χ2n) is 11.0. The van der Waals surface area contributed by atoms with Crippen LogP contribution >= 0.6 is 28.1 Å². The summed E-state index contributed by atoms with van der Waals surface area (Å²) in [7, 11) is 0. The van der Waals surface area contributed by atoms with Gasteiger partial charge in [0.25, 0.3) is 5.91 Å². The van der Waals surface area contributed by atoms with Crippen molar-refractivity contribution in [2.75, 3.05) is 13.2 Å². The lowest BCUT2D eigenvalue weighted by molar-refractivity contribution is -0.139. The van der Waals surface area contributed by atoms with Gasteiger partial charge in [0.1, 0.15) is 18.1 Å². The number of amides is 1. The Kier molecular flexibility index (Phi) is 11.3. The topological polar surface area (TPSA) is 115 Å². The zero-order valence-electron chi connectivity index (χ0n) is 27.0. The number of allylic oxidation sites excluding steroid dienone is 1. The number of esters is 1. The van der Waals surface area contributed by atoms with Crippen LogP contribution in [0.2, 0.25) is 0 Å². The molecule has 5 rings (SSSR count). The molecule has 248 valence electrons. The normalized spacial score (nSPS) is 14.4. The highest BCUT2D eigenvalue weighted by Crippen LogP contribution is 2.33. The van der Waals surface area contributed by atoms with Crippen molar-refractivity contribution in [1.29, 1.82) is 0 Å². The van der Waals surface area contributed by atoms with Crippen LogP contribution in [0, 0.1) is 13.8 Å². The van der Waals surface area contributed by atoms with Gasteiger partial charge in [-0.05, 0) is 94.0 Å². The minimum Gasteiger partial charge on any atom is -0.489 e. The van der Waals surface area contributed by atoms with E-state index in [1.54, 1.807) is 32.2 Å². The van der Waals surface area contributed by atoms with E-state index in [2.05, 4.69) is 41.7 Å². The minimum atomic E-state index is -0.619. The first-order valence-corrected chi connectivity index (χ1v) is 16.5. The average molecular weight is 731 g/mol. The van der Waals surface area contributed by atoms with Crippen molar-refractivity contribution < 1.29 is 23.8 Å². The Bertz CT molecular complexity index is 1870. The van der Waals surface area contributed by atoms with Gasteiger partial charge in [-0.1, -0.05) is 46.3 Å². The van der Waals surface area contributed by atoms with E-state index in [0.717, 1.165) is 38.4 Å². The number of hydrogen-bond acceptors (Lipinski definition) is 7. The summed E-state index contributed by atoms with van der Waals surface area (Å²) < 4.78 is 20.3. The smallest absolute Gasteiger partial charge is 0.338 e. The van der Waals surface area contributed by atoms with Gasteiger partial charge in [0, 0.05) is 38.4 Å². The molecule has 4 aromatic rings. The fourth-order valence-corrected chi connectivity index (χ4v) is 5.90. The Balaban J connectivity index is 1.20. The Morgan fingerprint density at radius 3 is 2.48 bits per heavy atom. The van der Waals surface area contributed by atoms with Crippen LogP contribution in [0.3, 0.4) is 0 Å². The number of aromatic nitrogens is 1. The molecule has 0 saturated carbocycles. The van der Waals surface area contributed by atoms with Gasteiger partial charge in [-0.15, -0.1) is 0 Å². The number of aryl methyl sites for hydroxylation is 1. The van der Waals surface area contributed by atoms with E-state index < -0.39 is 17.9 Å². The molecule has 10 nitrogen and oxygen atoms in total. The fraction of sp³-hybridized carbons (Fsp3) is 0.222. The molecule has 2 heterocycles. The van der Waals surface area contributed by atoms with Crippen molar-refractivity contribution in [2.45, 2.75) is 40.3 Å². The van der Waals surface area contributed by atoms with Crippen molar-refractivity contribution in [3.63, 3.8) is 0 Å². The summed E-state index contributed by atoms with van der Waals surface area (Å²) in [6.07, 6.45) is 1.61. The third-order valence-corrected chi connectivity index (χ3v) is 8.38. The van der Waals surface area contributed by atoms with Gasteiger partial charge in [0.05, 0.1) is 24.4 Å². The van der Waals surface area contributed by atoms with Gasteiger partial charge < -0.3 is 29.4 Å². The van der Waals surface area contributed by atoms with Crippen LogP contribution in [0.1, 0.15) is 48.0 Å². The van der Waals surface area contributed by atoms with Crippen LogP contribution < -0.4 is 25.5 Å². The summed E-state index contributed by atoms with van der Waals surface area (Å²) >= 11 is 8.79. The number of benzene rings is 3. The number of hydrogen-bond donors (Lipinski definition) is 3. The van der Waals surface area contributed by atoms with E-state index in [0.29, 0.717) is 34.3 Å². The Hall–Kier alpha value is -4.94. The van der Waals surface area contributed by atoms with Crippen LogP contribution in [0.15, 0.2) is 99.7 Å². The summed E-state index contributed by atoms with van der Waals surface area (Å²) in [5.74, 6) is 0.281. The number of carbonyl (C=O) groups excluding carboxylic acids is 2. The zero-order valence-corrected chi connectivity index (χ0v) is 29.4. The molecular formula is C36H36BrN5O5S. The van der Waals surface area contributed by atoms with E-state index in [-0.39, 0.29) is 13.2 Å². The predicted octanol–water partition coefficient (Wildman–Crippen LogP) is 6.32. The molecule has 12 heteroatoms. The van der Waals surface area contributed by atoms with Crippen molar-refractivity contribution in [1.82, 2.24) is 20.6 Å². The maximum atomic E-state index is 12.8. The Labute approximate surface area is 293 Å². The first-order valence-electron chi connectivity index (χ1n) is 15.3. The Morgan fingerprint density at radius 2 is 1.75 bits per heavy atom. The summed E-state index contributed by atoms with van der Waals surface area (Å²) in [6.45, 7) is 7.93. The van der Waals surface area contributed by atoms with E-state index >= 15 is 0 Å². The van der Waals surface area contributed by atoms with E-state index in [1.807, 2.05) is 80.6 Å². The third kappa shape index (κ3) is 8.31. The second kappa shape index (κ2) is 15.8. The molecule has 0 saturated heterocycles. The summed E-state index contributed by atoms with van der Waals surface area (Å²) in [6, 6.07) is 24.5. The Morgan fingerprint density at radius 1 is 1.02 bits per heavy atom. The number of ether oxygens (including phenoxy) is 3. The van der Waals surface area contributed by atoms with Crippen LogP contribution in [-0.4, -0.2) is 41.0 Å². The molecule has 0 spiro atoms. The molecule has 1 aromatic heterocycles. The molecule has 0 fully saturated rings. The molecular weight excluding hydrogens is 694 g/mol. The number of nitrogens with zero attached hydrogens (tertiary/aromatic N) is 2. The van der Waals surface area contributed by atoms with Gasteiger partial charge in [0.15, 0.2) is 11.7 Å². The van der Waals surface area contributed by atoms with Crippen molar-refractivity contribution in [3.8, 4) is 17.2 Å². The summed E-state index contributed by atoms with van der Waals surface area (Å²) in [4.78, 5) is 25.5. The lowest BCUT2D eigenvalue weighted by Gasteiger charge is -2.30.